The van der Waals surface area contributed by atoms with Crippen molar-refractivity contribution in [1.29, 1.82) is 0 Å². The molecular weight excluding hydrogens is 270 g/mol. The second kappa shape index (κ2) is 5.68. The topological polar surface area (TPSA) is 61.3 Å². The third kappa shape index (κ3) is 3.02. The zero-order valence-corrected chi connectivity index (χ0v) is 11.4. The number of methoxy groups -OCH3 is 2. The van der Waals surface area contributed by atoms with Gasteiger partial charge in [0.05, 0.1) is 20.4 Å². The third-order valence-electron chi connectivity index (χ3n) is 3.44. The summed E-state index contributed by atoms with van der Waals surface area (Å²) in [5.74, 6) is -3.12. The molecule has 0 spiro atoms. The van der Waals surface area contributed by atoms with Crippen molar-refractivity contribution in [3.8, 4) is 11.8 Å². The van der Waals surface area contributed by atoms with E-state index in [1.807, 2.05) is 0 Å². The molecule has 1 saturated carbocycles. The summed E-state index contributed by atoms with van der Waals surface area (Å²) < 4.78 is 36.1. The molecule has 1 aromatic heterocycles. The van der Waals surface area contributed by atoms with Crippen LogP contribution in [0, 0.1) is 5.92 Å². The van der Waals surface area contributed by atoms with Crippen LogP contribution in [0.5, 0.6) is 11.8 Å². The lowest BCUT2D eigenvalue weighted by atomic mass is 9.83. The van der Waals surface area contributed by atoms with Crippen molar-refractivity contribution in [1.82, 2.24) is 9.97 Å². The number of Topliss-reactive ketones (excluding diaryl/α,β-unsaturated/α-hetero) is 1. The molecule has 0 radical (unpaired) electrons. The molecule has 1 aliphatic rings. The van der Waals surface area contributed by atoms with Crippen LogP contribution in [0.15, 0.2) is 6.20 Å². The molecule has 0 aliphatic heterocycles. The van der Waals surface area contributed by atoms with E-state index >= 15 is 0 Å². The lowest BCUT2D eigenvalue weighted by molar-refractivity contribution is -0.0424. The number of ketones is 1. The van der Waals surface area contributed by atoms with Crippen molar-refractivity contribution >= 4 is 5.78 Å². The van der Waals surface area contributed by atoms with Crippen molar-refractivity contribution in [2.24, 2.45) is 5.92 Å². The summed E-state index contributed by atoms with van der Waals surface area (Å²) in [6.07, 6.45) is 1.09. The van der Waals surface area contributed by atoms with E-state index in [1.54, 1.807) is 0 Å². The first-order valence-corrected chi connectivity index (χ1v) is 6.34. The number of halogens is 2. The first-order valence-electron chi connectivity index (χ1n) is 6.34. The third-order valence-corrected chi connectivity index (χ3v) is 3.44. The van der Waals surface area contributed by atoms with E-state index in [-0.39, 0.29) is 48.9 Å². The summed E-state index contributed by atoms with van der Waals surface area (Å²) in [5.41, 5.74) is 0.0727. The minimum Gasteiger partial charge on any atom is -0.480 e. The Morgan fingerprint density at radius 3 is 2.50 bits per heavy atom. The van der Waals surface area contributed by atoms with E-state index in [2.05, 4.69) is 9.97 Å². The Hall–Kier alpha value is -1.79. The molecule has 2 rings (SSSR count). The van der Waals surface area contributed by atoms with E-state index in [1.165, 1.54) is 20.4 Å². The summed E-state index contributed by atoms with van der Waals surface area (Å²) >= 11 is 0. The van der Waals surface area contributed by atoms with Crippen LogP contribution in [0.2, 0.25) is 0 Å². The van der Waals surface area contributed by atoms with E-state index in [9.17, 15) is 13.6 Å². The second-order valence-corrected chi connectivity index (χ2v) is 4.76. The maximum Gasteiger partial charge on any atom is 0.248 e. The maximum absolute atomic E-state index is 13.1. The van der Waals surface area contributed by atoms with Crippen molar-refractivity contribution in [2.75, 3.05) is 14.2 Å². The molecular formula is C13H16F2N2O3. The second-order valence-electron chi connectivity index (χ2n) is 4.76. The van der Waals surface area contributed by atoms with Gasteiger partial charge in [-0.2, -0.15) is 4.98 Å². The Kier molecular flexibility index (Phi) is 4.15. The van der Waals surface area contributed by atoms with Crippen LogP contribution >= 0.6 is 0 Å². The molecule has 0 N–H and O–H groups in total. The van der Waals surface area contributed by atoms with Gasteiger partial charge in [0, 0.05) is 18.8 Å². The van der Waals surface area contributed by atoms with E-state index in [0.717, 1.165) is 0 Å². The molecule has 110 valence electrons. The number of carbonyl (C=O) groups excluding carboxylic acids is 1. The summed E-state index contributed by atoms with van der Waals surface area (Å²) in [4.78, 5) is 20.3. The molecule has 1 aliphatic carbocycles. The highest BCUT2D eigenvalue weighted by molar-refractivity contribution is 5.98. The number of alkyl halides is 2. The average molecular weight is 286 g/mol. The Balaban J connectivity index is 2.17. The lowest BCUT2D eigenvalue weighted by Gasteiger charge is -2.27. The highest BCUT2D eigenvalue weighted by Crippen LogP contribution is 2.38. The first-order chi connectivity index (χ1) is 9.46. The van der Waals surface area contributed by atoms with E-state index in [4.69, 9.17) is 9.47 Å². The van der Waals surface area contributed by atoms with E-state index in [0.29, 0.717) is 0 Å². The maximum atomic E-state index is 13.1. The van der Waals surface area contributed by atoms with Crippen LogP contribution in [-0.4, -0.2) is 35.9 Å². The van der Waals surface area contributed by atoms with Crippen molar-refractivity contribution in [3.63, 3.8) is 0 Å². The van der Waals surface area contributed by atoms with Gasteiger partial charge in [-0.1, -0.05) is 0 Å². The summed E-state index contributed by atoms with van der Waals surface area (Å²) in [7, 11) is 2.80. The number of ether oxygens (including phenoxy) is 2. The molecule has 1 fully saturated rings. The minimum atomic E-state index is -2.66. The van der Waals surface area contributed by atoms with Gasteiger partial charge in [-0.15, -0.1) is 0 Å². The zero-order chi connectivity index (χ0) is 14.8. The fourth-order valence-corrected chi connectivity index (χ4v) is 2.26. The normalized spacial score (nSPS) is 18.6. The van der Waals surface area contributed by atoms with Gasteiger partial charge in [0.1, 0.15) is 0 Å². The molecule has 0 amide bonds. The van der Waals surface area contributed by atoms with Crippen LogP contribution in [0.3, 0.4) is 0 Å². The Morgan fingerprint density at radius 2 is 1.95 bits per heavy atom. The summed E-state index contributed by atoms with van der Waals surface area (Å²) in [6.45, 7) is 0. The fraction of sp³-hybridized carbons (Fsp3) is 0.615. The molecule has 0 saturated heterocycles. The molecule has 5 nitrogen and oxygen atoms in total. The number of rotatable bonds is 4. The molecule has 1 heterocycles. The Labute approximate surface area is 115 Å². The number of nitrogens with zero attached hydrogens (tertiary/aromatic N) is 2. The number of hydrogen-bond donors (Lipinski definition) is 0. The van der Waals surface area contributed by atoms with Crippen molar-refractivity contribution in [2.45, 2.75) is 31.6 Å². The van der Waals surface area contributed by atoms with Gasteiger partial charge in [0.2, 0.25) is 17.7 Å². The van der Waals surface area contributed by atoms with Gasteiger partial charge in [-0.3, -0.25) is 4.79 Å². The van der Waals surface area contributed by atoms with Gasteiger partial charge in [-0.05, 0) is 12.8 Å². The zero-order valence-electron chi connectivity index (χ0n) is 11.4. The predicted octanol–water partition coefficient (Wildman–Crippen LogP) is 2.50. The highest BCUT2D eigenvalue weighted by Gasteiger charge is 2.38. The van der Waals surface area contributed by atoms with Gasteiger partial charge in [0.15, 0.2) is 11.5 Å². The number of carbonyl (C=O) groups is 1. The van der Waals surface area contributed by atoms with Gasteiger partial charge in [-0.25, -0.2) is 13.8 Å². The average Bonchev–Trinajstić information content (AvgIpc) is 2.45. The van der Waals surface area contributed by atoms with Crippen LogP contribution < -0.4 is 9.47 Å². The van der Waals surface area contributed by atoms with Crippen molar-refractivity contribution < 1.29 is 23.0 Å². The fourth-order valence-electron chi connectivity index (χ4n) is 2.26. The first kappa shape index (κ1) is 14.6. The molecule has 20 heavy (non-hydrogen) atoms. The molecule has 0 atom stereocenters. The van der Waals surface area contributed by atoms with Crippen molar-refractivity contribution in [3.05, 3.63) is 11.9 Å². The van der Waals surface area contributed by atoms with Crippen LogP contribution in [0.4, 0.5) is 8.78 Å². The van der Waals surface area contributed by atoms with Crippen LogP contribution in [0.1, 0.15) is 36.2 Å². The van der Waals surface area contributed by atoms with Crippen LogP contribution in [0.25, 0.3) is 0 Å². The predicted molar refractivity (Wildman–Crippen MR) is 66.4 cm³/mol. The van der Waals surface area contributed by atoms with Gasteiger partial charge < -0.3 is 9.47 Å². The number of aromatic nitrogens is 2. The monoisotopic (exact) mass is 286 g/mol. The standard InChI is InChI=1S/C13H16F2N2O3/c1-19-9-7-16-10(12(17-9)20-2)11(18)8-3-5-13(14,15)6-4-8/h7-8H,3-6H2,1-2H3. The molecule has 0 bridgehead atoms. The van der Waals surface area contributed by atoms with Gasteiger partial charge >= 0.3 is 0 Å². The van der Waals surface area contributed by atoms with Gasteiger partial charge in [0.25, 0.3) is 0 Å². The summed E-state index contributed by atoms with van der Waals surface area (Å²) in [6, 6.07) is 0. The number of hydrogen-bond acceptors (Lipinski definition) is 5. The Morgan fingerprint density at radius 1 is 1.30 bits per heavy atom. The largest absolute Gasteiger partial charge is 0.480 e. The quantitative estimate of drug-likeness (QED) is 0.796. The van der Waals surface area contributed by atoms with Crippen LogP contribution in [-0.2, 0) is 0 Å². The molecule has 1 aromatic rings. The minimum absolute atomic E-state index is 0.0617. The Bertz CT molecular complexity index is 498. The smallest absolute Gasteiger partial charge is 0.248 e. The van der Waals surface area contributed by atoms with E-state index < -0.39 is 11.8 Å². The highest BCUT2D eigenvalue weighted by atomic mass is 19.3. The molecule has 0 aromatic carbocycles. The molecule has 0 unspecified atom stereocenters. The summed E-state index contributed by atoms with van der Waals surface area (Å²) in [5, 5.41) is 0. The SMILES string of the molecule is COc1cnc(C(=O)C2CCC(F)(F)CC2)c(OC)n1. The molecule has 7 heteroatoms. The lowest BCUT2D eigenvalue weighted by Crippen LogP contribution is -2.29.